The monoisotopic (exact) mass is 668 g/mol. The molecule has 0 radical (unpaired) electrons. The Balaban J connectivity index is 0.000000419. The lowest BCUT2D eigenvalue weighted by atomic mass is 9.93. The van der Waals surface area contributed by atoms with Gasteiger partial charge in [-0.2, -0.15) is 0 Å². The number of allylic oxidation sites excluding steroid dienone is 5. The smallest absolute Gasteiger partial charge is 0.143 e. The Morgan fingerprint density at radius 1 is 0.640 bits per heavy atom. The molecule has 0 amide bonds. The number of thiol groups is 1. The third-order valence-electron chi connectivity index (χ3n) is 8.93. The average molecular weight is 669 g/mol. The van der Waals surface area contributed by atoms with Gasteiger partial charge in [0.1, 0.15) is 11.2 Å². The molecule has 1 heterocycles. The van der Waals surface area contributed by atoms with Crippen molar-refractivity contribution in [1.82, 2.24) is 0 Å². The van der Waals surface area contributed by atoms with Gasteiger partial charge in [0.2, 0.25) is 0 Å². The van der Waals surface area contributed by atoms with Gasteiger partial charge in [0.05, 0.1) is 0 Å². The fourth-order valence-corrected chi connectivity index (χ4v) is 6.71. The maximum atomic E-state index is 6.30. The van der Waals surface area contributed by atoms with Crippen LogP contribution in [0.5, 0.6) is 0 Å². The molecule has 0 atom stereocenters. The first-order valence-electron chi connectivity index (χ1n) is 17.5. The maximum absolute atomic E-state index is 6.30. The summed E-state index contributed by atoms with van der Waals surface area (Å²) in [6.07, 6.45) is 7.74. The standard InChI is InChI=1S/C39H34OS.C9H10/c1-3-11-30(25-31(12-4-2)32-23-24-33(38(41)26-32)28-13-6-5-7-14-28)27-19-21-29(22-20-27)34-16-10-17-36-35-15-8-9-18-37(35)40-39(34)36;1-8(2)9-6-4-3-5-7-9/h5-10,12-26,41H,3-4,11H2,1-2H3;3-7H,1H2,2H3/b30-25+,31-12-;. The van der Waals surface area contributed by atoms with E-state index >= 15 is 0 Å². The quantitative estimate of drug-likeness (QED) is 0.119. The Kier molecular flexibility index (Phi) is 11.3. The molecule has 248 valence electrons. The number of furan rings is 1. The van der Waals surface area contributed by atoms with Crippen LogP contribution in [0.3, 0.4) is 0 Å². The molecule has 2 heteroatoms. The molecule has 0 aliphatic carbocycles. The Morgan fingerprint density at radius 3 is 1.94 bits per heavy atom. The summed E-state index contributed by atoms with van der Waals surface area (Å²) in [6.45, 7) is 10.3. The zero-order chi connectivity index (χ0) is 34.9. The molecule has 0 aliphatic heterocycles. The summed E-state index contributed by atoms with van der Waals surface area (Å²) < 4.78 is 6.30. The van der Waals surface area contributed by atoms with Gasteiger partial charge in [0.25, 0.3) is 0 Å². The fraction of sp³-hybridized carbons (Fsp3) is 0.125. The van der Waals surface area contributed by atoms with Gasteiger partial charge in [0.15, 0.2) is 0 Å². The number of hydrogen-bond acceptors (Lipinski definition) is 2. The molecule has 7 aromatic rings. The van der Waals surface area contributed by atoms with Crippen LogP contribution >= 0.6 is 12.6 Å². The van der Waals surface area contributed by atoms with E-state index in [0.29, 0.717) is 0 Å². The number of rotatable bonds is 9. The number of para-hydroxylation sites is 2. The number of benzene rings is 6. The molecule has 0 fully saturated rings. The minimum Gasteiger partial charge on any atom is -0.455 e. The van der Waals surface area contributed by atoms with E-state index in [2.05, 4.69) is 142 Å². The predicted octanol–water partition coefficient (Wildman–Crippen LogP) is 14.6. The second-order valence-electron chi connectivity index (χ2n) is 12.6. The highest BCUT2D eigenvalue weighted by Crippen LogP contribution is 2.37. The molecule has 6 aromatic carbocycles. The molecule has 0 N–H and O–H groups in total. The zero-order valence-corrected chi connectivity index (χ0v) is 30.1. The van der Waals surface area contributed by atoms with Gasteiger partial charge in [-0.15, -0.1) is 12.6 Å². The van der Waals surface area contributed by atoms with Crippen LogP contribution in [0.15, 0.2) is 174 Å². The van der Waals surface area contributed by atoms with Crippen LogP contribution in [0.25, 0.3) is 60.9 Å². The van der Waals surface area contributed by atoms with Gasteiger partial charge in [-0.3, -0.25) is 0 Å². The molecule has 0 spiro atoms. The third kappa shape index (κ3) is 7.94. The summed E-state index contributed by atoms with van der Waals surface area (Å²) in [5.41, 5.74) is 13.9. The van der Waals surface area contributed by atoms with Crippen LogP contribution in [0.2, 0.25) is 0 Å². The van der Waals surface area contributed by atoms with Crippen molar-refractivity contribution in [3.8, 4) is 22.3 Å². The Hall–Kier alpha value is -5.31. The van der Waals surface area contributed by atoms with Gasteiger partial charge in [0, 0.05) is 21.2 Å². The van der Waals surface area contributed by atoms with Crippen LogP contribution in [0, 0.1) is 0 Å². The third-order valence-corrected chi connectivity index (χ3v) is 9.30. The summed E-state index contributed by atoms with van der Waals surface area (Å²) in [5, 5.41) is 2.32. The van der Waals surface area contributed by atoms with Crippen molar-refractivity contribution < 1.29 is 4.42 Å². The Bertz CT molecular complexity index is 2270. The van der Waals surface area contributed by atoms with E-state index in [1.807, 2.05) is 43.3 Å². The van der Waals surface area contributed by atoms with Crippen molar-refractivity contribution in [3.05, 3.63) is 181 Å². The fourth-order valence-electron chi connectivity index (χ4n) is 6.37. The van der Waals surface area contributed by atoms with E-state index in [9.17, 15) is 0 Å². The van der Waals surface area contributed by atoms with E-state index in [1.165, 1.54) is 33.4 Å². The molecule has 0 saturated heterocycles. The predicted molar refractivity (Wildman–Crippen MR) is 221 cm³/mol. The van der Waals surface area contributed by atoms with Crippen molar-refractivity contribution in [2.75, 3.05) is 0 Å². The van der Waals surface area contributed by atoms with E-state index in [-0.39, 0.29) is 0 Å². The first-order valence-corrected chi connectivity index (χ1v) is 17.9. The van der Waals surface area contributed by atoms with E-state index in [1.54, 1.807) is 0 Å². The largest absolute Gasteiger partial charge is 0.455 e. The van der Waals surface area contributed by atoms with Crippen LogP contribution in [-0.4, -0.2) is 0 Å². The molecule has 1 nitrogen and oxygen atoms in total. The lowest BCUT2D eigenvalue weighted by molar-refractivity contribution is 0.670. The van der Waals surface area contributed by atoms with Crippen LogP contribution in [0.4, 0.5) is 0 Å². The molecule has 0 aliphatic rings. The average Bonchev–Trinajstić information content (AvgIpc) is 3.54. The second-order valence-corrected chi connectivity index (χ2v) is 13.1. The lowest BCUT2D eigenvalue weighted by Crippen LogP contribution is -1.90. The maximum Gasteiger partial charge on any atom is 0.143 e. The van der Waals surface area contributed by atoms with Crippen molar-refractivity contribution in [2.45, 2.75) is 44.9 Å². The molecule has 0 unspecified atom stereocenters. The molecule has 0 saturated carbocycles. The topological polar surface area (TPSA) is 13.1 Å². The van der Waals surface area contributed by atoms with E-state index in [4.69, 9.17) is 17.0 Å². The Labute approximate surface area is 302 Å². The van der Waals surface area contributed by atoms with Crippen LogP contribution in [0.1, 0.15) is 56.7 Å². The summed E-state index contributed by atoms with van der Waals surface area (Å²) in [5.74, 6) is 0. The van der Waals surface area contributed by atoms with Gasteiger partial charge in [-0.05, 0) is 76.4 Å². The summed E-state index contributed by atoms with van der Waals surface area (Å²) in [6, 6.07) is 50.9. The first kappa shape index (κ1) is 34.5. The zero-order valence-electron chi connectivity index (χ0n) is 29.2. The van der Waals surface area contributed by atoms with Crippen molar-refractivity contribution in [2.24, 2.45) is 0 Å². The van der Waals surface area contributed by atoms with Crippen LogP contribution in [-0.2, 0) is 0 Å². The summed E-state index contributed by atoms with van der Waals surface area (Å²) in [4.78, 5) is 0.991. The number of hydrogen-bond donors (Lipinski definition) is 1. The van der Waals surface area contributed by atoms with Gasteiger partial charge < -0.3 is 4.42 Å². The molecule has 0 bridgehead atoms. The van der Waals surface area contributed by atoms with Gasteiger partial charge in [-0.1, -0.05) is 178 Å². The number of fused-ring (bicyclic) bond motifs is 3. The second kappa shape index (κ2) is 16.4. The lowest BCUT2D eigenvalue weighted by Gasteiger charge is -2.13. The first-order chi connectivity index (χ1) is 24.5. The molecular weight excluding hydrogens is 625 g/mol. The normalized spacial score (nSPS) is 11.8. The molecule has 1 aromatic heterocycles. The molecular formula is C48H44OS. The summed E-state index contributed by atoms with van der Waals surface area (Å²) >= 11 is 4.88. The van der Waals surface area contributed by atoms with E-state index < -0.39 is 0 Å². The SMILES string of the molecule is C=C(C)c1ccccc1.CC/C=C(/C=C(\CCC)c1ccc(-c2cccc3c2oc2ccccc23)cc1)c1ccc(-c2ccccc2)c(S)c1. The van der Waals surface area contributed by atoms with Crippen molar-refractivity contribution in [1.29, 1.82) is 0 Å². The molecule has 50 heavy (non-hydrogen) atoms. The highest BCUT2D eigenvalue weighted by Gasteiger charge is 2.13. The molecule has 7 rings (SSSR count). The van der Waals surface area contributed by atoms with Crippen molar-refractivity contribution >= 4 is 51.3 Å². The highest BCUT2D eigenvalue weighted by atomic mass is 32.1. The summed E-state index contributed by atoms with van der Waals surface area (Å²) in [7, 11) is 0. The minimum absolute atomic E-state index is 0.927. The minimum atomic E-state index is 0.927. The van der Waals surface area contributed by atoms with Gasteiger partial charge in [-0.25, -0.2) is 0 Å². The Morgan fingerprint density at radius 2 is 1.28 bits per heavy atom. The van der Waals surface area contributed by atoms with Crippen molar-refractivity contribution in [3.63, 3.8) is 0 Å². The van der Waals surface area contributed by atoms with E-state index in [0.717, 1.165) is 68.4 Å². The highest BCUT2D eigenvalue weighted by molar-refractivity contribution is 7.80. The van der Waals surface area contributed by atoms with Crippen LogP contribution < -0.4 is 0 Å². The van der Waals surface area contributed by atoms with Gasteiger partial charge >= 0.3 is 0 Å².